The maximum atomic E-state index is 5.98. The van der Waals surface area contributed by atoms with Crippen LogP contribution in [-0.2, 0) is 11.8 Å². The van der Waals surface area contributed by atoms with Crippen molar-refractivity contribution in [1.29, 1.82) is 0 Å². The van der Waals surface area contributed by atoms with Gasteiger partial charge in [0.05, 0.1) is 12.3 Å². The van der Waals surface area contributed by atoms with Crippen molar-refractivity contribution < 1.29 is 9.47 Å². The van der Waals surface area contributed by atoms with E-state index >= 15 is 0 Å². The maximum Gasteiger partial charge on any atom is 0.235 e. The lowest BCUT2D eigenvalue weighted by atomic mass is 10.1. The molecule has 0 aliphatic carbocycles. The Morgan fingerprint density at radius 2 is 2.06 bits per heavy atom. The topological polar surface area (TPSA) is 62.3 Å². The highest BCUT2D eigenvalue weighted by Gasteiger charge is 2.16. The molecule has 0 saturated heterocycles. The summed E-state index contributed by atoms with van der Waals surface area (Å²) in [6.07, 6.45) is 0.845. The summed E-state index contributed by atoms with van der Waals surface area (Å²) in [5.74, 6) is 0.960. The van der Waals surface area contributed by atoms with Crippen molar-refractivity contribution >= 4 is 5.69 Å². The van der Waals surface area contributed by atoms with Gasteiger partial charge in [0.1, 0.15) is 5.69 Å². The molecule has 16 heavy (non-hydrogen) atoms. The molecule has 1 aromatic heterocycles. The lowest BCUT2D eigenvalue weighted by Crippen LogP contribution is -2.06. The summed E-state index contributed by atoms with van der Waals surface area (Å²) in [4.78, 5) is 0. The Bertz CT molecular complexity index is 334. The smallest absolute Gasteiger partial charge is 0.235 e. The molecule has 0 unspecified atom stereocenters. The van der Waals surface area contributed by atoms with Crippen LogP contribution in [0.2, 0.25) is 0 Å². The second-order valence-electron chi connectivity index (χ2n) is 4.08. The van der Waals surface area contributed by atoms with E-state index in [4.69, 9.17) is 15.2 Å². The number of hydrogen-bond acceptors (Lipinski definition) is 4. The van der Waals surface area contributed by atoms with E-state index in [2.05, 4.69) is 18.9 Å². The summed E-state index contributed by atoms with van der Waals surface area (Å²) >= 11 is 0. The van der Waals surface area contributed by atoms with Crippen LogP contribution in [-0.4, -0.2) is 30.1 Å². The summed E-state index contributed by atoms with van der Waals surface area (Å²) in [7, 11) is 3.52. The molecule has 1 rings (SSSR count). The molecule has 0 saturated carbocycles. The SMILES string of the molecule is COCCCOc1c(N)c(C(C)C)nn1C. The van der Waals surface area contributed by atoms with Gasteiger partial charge in [-0.2, -0.15) is 5.10 Å². The van der Waals surface area contributed by atoms with Crippen molar-refractivity contribution in [1.82, 2.24) is 9.78 Å². The standard InChI is InChI=1S/C11H21N3O2/c1-8(2)10-9(12)11(14(3)13-10)16-7-5-6-15-4/h8H,5-7,12H2,1-4H3. The van der Waals surface area contributed by atoms with Crippen LogP contribution in [0.3, 0.4) is 0 Å². The van der Waals surface area contributed by atoms with Gasteiger partial charge in [0.15, 0.2) is 0 Å². The minimum Gasteiger partial charge on any atom is -0.476 e. The van der Waals surface area contributed by atoms with Crippen molar-refractivity contribution in [2.75, 3.05) is 26.1 Å². The van der Waals surface area contributed by atoms with Gasteiger partial charge in [-0.25, -0.2) is 4.68 Å². The monoisotopic (exact) mass is 227 g/mol. The van der Waals surface area contributed by atoms with Gasteiger partial charge < -0.3 is 15.2 Å². The fraction of sp³-hybridized carbons (Fsp3) is 0.727. The Morgan fingerprint density at radius 1 is 1.38 bits per heavy atom. The van der Waals surface area contributed by atoms with Crippen molar-refractivity contribution in [3.05, 3.63) is 5.69 Å². The van der Waals surface area contributed by atoms with Crippen molar-refractivity contribution in [2.45, 2.75) is 26.2 Å². The molecule has 1 heterocycles. The number of rotatable bonds is 6. The zero-order valence-electron chi connectivity index (χ0n) is 10.5. The van der Waals surface area contributed by atoms with Gasteiger partial charge in [-0.1, -0.05) is 13.8 Å². The Kier molecular flexibility index (Phi) is 4.61. The number of aryl methyl sites for hydroxylation is 1. The molecule has 0 radical (unpaired) electrons. The van der Waals surface area contributed by atoms with Crippen LogP contribution in [0.25, 0.3) is 0 Å². The zero-order chi connectivity index (χ0) is 12.1. The van der Waals surface area contributed by atoms with Crippen molar-refractivity contribution in [3.63, 3.8) is 0 Å². The van der Waals surface area contributed by atoms with E-state index in [1.165, 1.54) is 0 Å². The first-order valence-electron chi connectivity index (χ1n) is 5.52. The number of ether oxygens (including phenoxy) is 2. The first-order valence-corrected chi connectivity index (χ1v) is 5.52. The largest absolute Gasteiger partial charge is 0.476 e. The molecule has 0 amide bonds. The summed E-state index contributed by atoms with van der Waals surface area (Å²) in [5, 5.41) is 4.34. The highest BCUT2D eigenvalue weighted by atomic mass is 16.5. The highest BCUT2D eigenvalue weighted by molar-refractivity contribution is 5.54. The molecule has 0 atom stereocenters. The minimum absolute atomic E-state index is 0.308. The molecule has 0 spiro atoms. The van der Waals surface area contributed by atoms with E-state index in [0.717, 1.165) is 12.1 Å². The lowest BCUT2D eigenvalue weighted by molar-refractivity contribution is 0.169. The number of methoxy groups -OCH3 is 1. The second-order valence-corrected chi connectivity index (χ2v) is 4.08. The van der Waals surface area contributed by atoms with E-state index in [9.17, 15) is 0 Å². The van der Waals surface area contributed by atoms with E-state index < -0.39 is 0 Å². The Hall–Kier alpha value is -1.23. The number of hydrogen-bond donors (Lipinski definition) is 1. The molecule has 0 aliphatic heterocycles. The Balaban J connectivity index is 2.65. The molecule has 92 valence electrons. The summed E-state index contributed by atoms with van der Waals surface area (Å²) < 4.78 is 12.2. The van der Waals surface area contributed by atoms with Gasteiger partial charge in [-0.15, -0.1) is 0 Å². The molecule has 0 aliphatic rings. The van der Waals surface area contributed by atoms with Gasteiger partial charge >= 0.3 is 0 Å². The maximum absolute atomic E-state index is 5.98. The summed E-state index contributed by atoms with van der Waals surface area (Å²) in [6.45, 7) is 5.41. The molecular formula is C11H21N3O2. The lowest BCUT2D eigenvalue weighted by Gasteiger charge is -2.06. The third-order valence-electron chi connectivity index (χ3n) is 2.34. The van der Waals surface area contributed by atoms with Gasteiger partial charge in [0.2, 0.25) is 5.88 Å². The van der Waals surface area contributed by atoms with E-state index in [0.29, 0.717) is 30.7 Å². The quantitative estimate of drug-likeness (QED) is 0.749. The van der Waals surface area contributed by atoms with Crippen LogP contribution in [0, 0.1) is 0 Å². The fourth-order valence-corrected chi connectivity index (χ4v) is 1.51. The van der Waals surface area contributed by atoms with E-state index in [1.54, 1.807) is 11.8 Å². The first-order chi connectivity index (χ1) is 7.57. The second kappa shape index (κ2) is 5.75. The van der Waals surface area contributed by atoms with Crippen LogP contribution in [0.15, 0.2) is 0 Å². The first kappa shape index (κ1) is 12.8. The van der Waals surface area contributed by atoms with Crippen LogP contribution in [0.1, 0.15) is 31.9 Å². The Morgan fingerprint density at radius 3 is 2.56 bits per heavy atom. The summed E-state index contributed by atoms with van der Waals surface area (Å²) in [6, 6.07) is 0. The average Bonchev–Trinajstić information content (AvgIpc) is 2.51. The fourth-order valence-electron chi connectivity index (χ4n) is 1.51. The van der Waals surface area contributed by atoms with Crippen LogP contribution < -0.4 is 10.5 Å². The van der Waals surface area contributed by atoms with Crippen LogP contribution in [0.5, 0.6) is 5.88 Å². The molecule has 2 N–H and O–H groups in total. The summed E-state index contributed by atoms with van der Waals surface area (Å²) in [5.41, 5.74) is 7.52. The molecule has 5 nitrogen and oxygen atoms in total. The number of anilines is 1. The number of nitrogens with two attached hydrogens (primary N) is 1. The van der Waals surface area contributed by atoms with Gasteiger partial charge in [0.25, 0.3) is 0 Å². The predicted octanol–water partition coefficient (Wildman–Crippen LogP) is 1.54. The van der Waals surface area contributed by atoms with Crippen molar-refractivity contribution in [2.24, 2.45) is 7.05 Å². The molecule has 0 bridgehead atoms. The highest BCUT2D eigenvalue weighted by Crippen LogP contribution is 2.29. The number of aromatic nitrogens is 2. The van der Waals surface area contributed by atoms with E-state index in [-0.39, 0.29) is 0 Å². The molecule has 1 aromatic rings. The Labute approximate surface area is 96.5 Å². The molecule has 0 aromatic carbocycles. The number of nitrogen functional groups attached to an aromatic ring is 1. The van der Waals surface area contributed by atoms with Crippen LogP contribution in [0.4, 0.5) is 5.69 Å². The minimum atomic E-state index is 0.308. The van der Waals surface area contributed by atoms with Crippen LogP contribution >= 0.6 is 0 Å². The van der Waals surface area contributed by atoms with Crippen molar-refractivity contribution in [3.8, 4) is 5.88 Å². The van der Waals surface area contributed by atoms with Gasteiger partial charge in [-0.3, -0.25) is 0 Å². The predicted molar refractivity (Wildman–Crippen MR) is 63.7 cm³/mol. The zero-order valence-corrected chi connectivity index (χ0v) is 10.5. The molecule has 0 fully saturated rings. The molecule has 5 heteroatoms. The van der Waals surface area contributed by atoms with Gasteiger partial charge in [-0.05, 0) is 5.92 Å². The van der Waals surface area contributed by atoms with Gasteiger partial charge in [0, 0.05) is 27.2 Å². The van der Waals surface area contributed by atoms with E-state index in [1.807, 2.05) is 7.05 Å². The number of nitrogens with zero attached hydrogens (tertiary/aromatic N) is 2. The molecular weight excluding hydrogens is 206 g/mol. The third-order valence-corrected chi connectivity index (χ3v) is 2.34. The third kappa shape index (κ3) is 2.88. The average molecular weight is 227 g/mol. The normalized spacial score (nSPS) is 11.1.